The Morgan fingerprint density at radius 3 is 2.82 bits per heavy atom. The molecule has 7 nitrogen and oxygen atoms in total. The molecule has 2 atom stereocenters. The monoisotopic (exact) mass is 243 g/mol. The van der Waals surface area contributed by atoms with E-state index in [1.807, 2.05) is 0 Å². The second-order valence-corrected chi connectivity index (χ2v) is 3.95. The van der Waals surface area contributed by atoms with Gasteiger partial charge in [0, 0.05) is 13.1 Å². The summed E-state index contributed by atoms with van der Waals surface area (Å²) in [5, 5.41) is 11.3. The Bertz CT molecular complexity index is 332. The molecule has 0 aromatic rings. The molecule has 2 unspecified atom stereocenters. The lowest BCUT2D eigenvalue weighted by molar-refractivity contribution is -0.149. The number of carboxylic acids is 1. The predicted molar refractivity (Wildman–Crippen MR) is 59.0 cm³/mol. The lowest BCUT2D eigenvalue weighted by atomic mass is 10.1. The van der Waals surface area contributed by atoms with E-state index in [2.05, 4.69) is 5.32 Å². The number of nitrogens with two attached hydrogens (primary N) is 1. The topological polar surface area (TPSA) is 113 Å². The summed E-state index contributed by atoms with van der Waals surface area (Å²) in [7, 11) is 0. The van der Waals surface area contributed by atoms with Gasteiger partial charge in [-0.25, -0.2) is 0 Å². The fourth-order valence-corrected chi connectivity index (χ4v) is 1.73. The van der Waals surface area contributed by atoms with Crippen molar-refractivity contribution < 1.29 is 19.5 Å². The number of hydrogen-bond acceptors (Lipinski definition) is 4. The molecule has 0 saturated carbocycles. The molecule has 1 rings (SSSR count). The molecule has 0 aromatic carbocycles. The van der Waals surface area contributed by atoms with Crippen LogP contribution in [0.3, 0.4) is 0 Å². The van der Waals surface area contributed by atoms with Crippen molar-refractivity contribution in [1.29, 1.82) is 0 Å². The maximum Gasteiger partial charge on any atom is 0.305 e. The van der Waals surface area contributed by atoms with Crippen LogP contribution in [0.5, 0.6) is 0 Å². The largest absolute Gasteiger partial charge is 0.481 e. The maximum atomic E-state index is 11.9. The minimum atomic E-state index is -1.12. The summed E-state index contributed by atoms with van der Waals surface area (Å²) in [5.74, 6) is -1.92. The lowest BCUT2D eigenvalue weighted by Gasteiger charge is -2.35. The van der Waals surface area contributed by atoms with Gasteiger partial charge in [-0.2, -0.15) is 0 Å². The van der Waals surface area contributed by atoms with Crippen LogP contribution in [0.1, 0.15) is 19.8 Å². The van der Waals surface area contributed by atoms with Crippen LogP contribution in [-0.4, -0.2) is 53.0 Å². The van der Waals surface area contributed by atoms with E-state index in [1.165, 1.54) is 4.90 Å². The van der Waals surface area contributed by atoms with E-state index in [1.54, 1.807) is 6.92 Å². The second-order valence-electron chi connectivity index (χ2n) is 3.95. The van der Waals surface area contributed by atoms with Crippen LogP contribution in [0.2, 0.25) is 0 Å². The molecular weight excluding hydrogens is 226 g/mol. The van der Waals surface area contributed by atoms with Gasteiger partial charge in [-0.05, 0) is 6.42 Å². The number of hydrogen-bond donors (Lipinski definition) is 3. The summed E-state index contributed by atoms with van der Waals surface area (Å²) in [5.41, 5.74) is 5.62. The summed E-state index contributed by atoms with van der Waals surface area (Å²) < 4.78 is 0. The average Bonchev–Trinajstić information content (AvgIpc) is 2.29. The summed E-state index contributed by atoms with van der Waals surface area (Å²) in [6.07, 6.45) is 0.0603. The van der Waals surface area contributed by atoms with Crippen LogP contribution in [0, 0.1) is 0 Å². The van der Waals surface area contributed by atoms with Gasteiger partial charge in [0.2, 0.25) is 11.8 Å². The minimum absolute atomic E-state index is 0.302. The number of carbonyl (C=O) groups excluding carboxylic acids is 2. The van der Waals surface area contributed by atoms with Gasteiger partial charge in [-0.15, -0.1) is 0 Å². The van der Waals surface area contributed by atoms with E-state index in [4.69, 9.17) is 10.8 Å². The fraction of sp³-hybridized carbons (Fsp3) is 0.700. The molecule has 17 heavy (non-hydrogen) atoms. The number of nitrogens with zero attached hydrogens (tertiary/aromatic N) is 1. The molecule has 1 saturated heterocycles. The Hall–Kier alpha value is -1.63. The van der Waals surface area contributed by atoms with Crippen molar-refractivity contribution >= 4 is 17.8 Å². The molecule has 0 bridgehead atoms. The number of aliphatic carboxylic acids is 1. The zero-order chi connectivity index (χ0) is 13.0. The van der Waals surface area contributed by atoms with Crippen LogP contribution >= 0.6 is 0 Å². The van der Waals surface area contributed by atoms with E-state index in [9.17, 15) is 14.4 Å². The molecule has 1 fully saturated rings. The normalized spacial score (nSPS) is 21.9. The second kappa shape index (κ2) is 5.62. The predicted octanol–water partition coefficient (Wildman–Crippen LogP) is -1.47. The average molecular weight is 243 g/mol. The van der Waals surface area contributed by atoms with E-state index in [-0.39, 0.29) is 5.91 Å². The van der Waals surface area contributed by atoms with Gasteiger partial charge in [-0.1, -0.05) is 6.92 Å². The first-order chi connectivity index (χ1) is 7.97. The SMILES string of the molecule is CCC(N)C(=O)N1CCNC(=O)C1CC(=O)O. The molecule has 0 radical (unpaired) electrons. The molecule has 7 heteroatoms. The van der Waals surface area contributed by atoms with Crippen molar-refractivity contribution in [3.63, 3.8) is 0 Å². The molecule has 1 aliphatic heterocycles. The molecule has 2 amide bonds. The highest BCUT2D eigenvalue weighted by Gasteiger charge is 2.35. The van der Waals surface area contributed by atoms with Crippen LogP contribution in [0.15, 0.2) is 0 Å². The van der Waals surface area contributed by atoms with Crippen molar-refractivity contribution in [2.24, 2.45) is 5.73 Å². The van der Waals surface area contributed by atoms with Gasteiger partial charge in [0.1, 0.15) is 6.04 Å². The van der Waals surface area contributed by atoms with E-state index in [0.717, 1.165) is 0 Å². The molecule has 4 N–H and O–H groups in total. The van der Waals surface area contributed by atoms with E-state index < -0.39 is 30.4 Å². The van der Waals surface area contributed by atoms with Gasteiger partial charge in [0.25, 0.3) is 0 Å². The standard InChI is InChI=1S/C10H17N3O4/c1-2-6(11)10(17)13-4-3-12-9(16)7(13)5-8(14)15/h6-7H,2-5,11H2,1H3,(H,12,16)(H,14,15). The number of carbonyl (C=O) groups is 3. The van der Waals surface area contributed by atoms with Crippen LogP contribution in [0.4, 0.5) is 0 Å². The fourth-order valence-electron chi connectivity index (χ4n) is 1.73. The van der Waals surface area contributed by atoms with Crippen molar-refractivity contribution in [1.82, 2.24) is 10.2 Å². The van der Waals surface area contributed by atoms with Gasteiger partial charge in [0.05, 0.1) is 12.5 Å². The van der Waals surface area contributed by atoms with Gasteiger partial charge in [0.15, 0.2) is 0 Å². The molecule has 0 spiro atoms. The third kappa shape index (κ3) is 3.16. The Labute approximate surface area is 98.9 Å². The maximum absolute atomic E-state index is 11.9. The van der Waals surface area contributed by atoms with Crippen LogP contribution in [0.25, 0.3) is 0 Å². The Morgan fingerprint density at radius 2 is 2.29 bits per heavy atom. The number of piperazine rings is 1. The Morgan fingerprint density at radius 1 is 1.65 bits per heavy atom. The molecule has 1 heterocycles. The third-order valence-corrected chi connectivity index (χ3v) is 2.74. The van der Waals surface area contributed by atoms with Gasteiger partial charge < -0.3 is 21.1 Å². The summed E-state index contributed by atoms with van der Waals surface area (Å²) in [6, 6.07) is -1.64. The molecular formula is C10H17N3O4. The van der Waals surface area contributed by atoms with Crippen LogP contribution in [-0.2, 0) is 14.4 Å². The molecule has 0 aromatic heterocycles. The summed E-state index contributed by atoms with van der Waals surface area (Å²) in [6.45, 7) is 2.39. The van der Waals surface area contributed by atoms with Crippen molar-refractivity contribution in [2.75, 3.05) is 13.1 Å². The van der Waals surface area contributed by atoms with Crippen molar-refractivity contribution in [3.8, 4) is 0 Å². The Balaban J connectivity index is 2.82. The lowest BCUT2D eigenvalue weighted by Crippen LogP contribution is -2.60. The van der Waals surface area contributed by atoms with E-state index in [0.29, 0.717) is 19.5 Å². The van der Waals surface area contributed by atoms with Crippen LogP contribution < -0.4 is 11.1 Å². The first-order valence-corrected chi connectivity index (χ1v) is 5.53. The first-order valence-electron chi connectivity index (χ1n) is 5.53. The molecule has 1 aliphatic rings. The number of carboxylic acid groups (broad SMARTS) is 1. The summed E-state index contributed by atoms with van der Waals surface area (Å²) in [4.78, 5) is 35.4. The van der Waals surface area contributed by atoms with E-state index >= 15 is 0 Å². The molecule has 0 aliphatic carbocycles. The number of rotatable bonds is 4. The van der Waals surface area contributed by atoms with Crippen molar-refractivity contribution in [3.05, 3.63) is 0 Å². The third-order valence-electron chi connectivity index (χ3n) is 2.74. The van der Waals surface area contributed by atoms with Gasteiger partial charge in [-0.3, -0.25) is 14.4 Å². The highest BCUT2D eigenvalue weighted by atomic mass is 16.4. The summed E-state index contributed by atoms with van der Waals surface area (Å²) >= 11 is 0. The highest BCUT2D eigenvalue weighted by Crippen LogP contribution is 2.11. The number of amides is 2. The molecule has 96 valence electrons. The highest BCUT2D eigenvalue weighted by molar-refractivity contribution is 5.93. The minimum Gasteiger partial charge on any atom is -0.481 e. The first kappa shape index (κ1) is 13.4. The quantitative estimate of drug-likeness (QED) is 0.557. The Kier molecular flexibility index (Phi) is 4.45. The van der Waals surface area contributed by atoms with Crippen molar-refractivity contribution in [2.45, 2.75) is 31.8 Å². The number of nitrogens with one attached hydrogen (secondary N) is 1. The van der Waals surface area contributed by atoms with Gasteiger partial charge >= 0.3 is 5.97 Å². The zero-order valence-corrected chi connectivity index (χ0v) is 9.68. The smallest absolute Gasteiger partial charge is 0.305 e. The zero-order valence-electron chi connectivity index (χ0n) is 9.68.